The summed E-state index contributed by atoms with van der Waals surface area (Å²) in [7, 11) is 0. The van der Waals surface area contributed by atoms with Crippen molar-refractivity contribution in [1.82, 2.24) is 34.4 Å². The molecule has 1 aliphatic heterocycles. The van der Waals surface area contributed by atoms with Gasteiger partial charge in [0, 0.05) is 30.9 Å². The average molecular weight is 518 g/mol. The predicted octanol–water partition coefficient (Wildman–Crippen LogP) is 5.77. The number of hydrogen-bond donors (Lipinski definition) is 1. The van der Waals surface area contributed by atoms with Crippen LogP contribution in [0.25, 0.3) is 22.8 Å². The third-order valence-electron chi connectivity index (χ3n) is 6.42. The van der Waals surface area contributed by atoms with Gasteiger partial charge in [0.25, 0.3) is 0 Å². The number of imidazole rings is 1. The molecular formula is C25H27ClF3N7. The molecule has 7 nitrogen and oxygen atoms in total. The summed E-state index contributed by atoms with van der Waals surface area (Å²) in [4.78, 5) is 3.85. The van der Waals surface area contributed by atoms with Crippen LogP contribution in [-0.2, 0) is 25.7 Å². The van der Waals surface area contributed by atoms with Crippen LogP contribution in [0.1, 0.15) is 49.8 Å². The first-order chi connectivity index (χ1) is 17.2. The van der Waals surface area contributed by atoms with Crippen molar-refractivity contribution in [2.24, 2.45) is 0 Å². The fraction of sp³-hybridized carbons (Fsp3) is 0.400. The molecule has 1 unspecified atom stereocenters. The second-order valence-corrected chi connectivity index (χ2v) is 9.61. The monoisotopic (exact) mass is 517 g/mol. The van der Waals surface area contributed by atoms with Gasteiger partial charge in [0.1, 0.15) is 17.2 Å². The van der Waals surface area contributed by atoms with Gasteiger partial charge in [-0.25, -0.2) is 4.98 Å². The number of aromatic nitrogens is 6. The lowest BCUT2D eigenvalue weighted by Crippen LogP contribution is -2.34. The first-order valence-corrected chi connectivity index (χ1v) is 12.3. The van der Waals surface area contributed by atoms with E-state index in [1.807, 2.05) is 47.5 Å². The molecule has 0 saturated heterocycles. The molecule has 5 rings (SSSR count). The van der Waals surface area contributed by atoms with Gasteiger partial charge in [0.05, 0.1) is 29.5 Å². The average Bonchev–Trinajstić information content (AvgIpc) is 3.55. The Labute approximate surface area is 211 Å². The Hall–Kier alpha value is -3.11. The minimum absolute atomic E-state index is 0.0366. The molecule has 11 heteroatoms. The fourth-order valence-corrected chi connectivity index (χ4v) is 4.88. The van der Waals surface area contributed by atoms with Crippen molar-refractivity contribution >= 4 is 11.6 Å². The summed E-state index contributed by atoms with van der Waals surface area (Å²) in [5, 5.41) is 13.3. The van der Waals surface area contributed by atoms with Crippen molar-refractivity contribution in [3.63, 3.8) is 0 Å². The number of fused-ring (bicyclic) bond motifs is 1. The Bertz CT molecular complexity index is 1370. The molecule has 1 atom stereocenters. The Morgan fingerprint density at radius 2 is 1.94 bits per heavy atom. The van der Waals surface area contributed by atoms with Gasteiger partial charge in [-0.15, -0.1) is 0 Å². The van der Waals surface area contributed by atoms with Crippen molar-refractivity contribution in [2.75, 3.05) is 6.54 Å². The van der Waals surface area contributed by atoms with Crippen LogP contribution in [0.15, 0.2) is 42.7 Å². The molecule has 0 fully saturated rings. The van der Waals surface area contributed by atoms with Crippen LogP contribution in [-0.4, -0.2) is 35.7 Å². The molecule has 36 heavy (non-hydrogen) atoms. The molecular weight excluding hydrogens is 491 g/mol. The van der Waals surface area contributed by atoms with Crippen molar-refractivity contribution in [3.8, 4) is 22.8 Å². The van der Waals surface area contributed by atoms with Crippen molar-refractivity contribution < 1.29 is 13.2 Å². The Balaban J connectivity index is 1.39. The molecule has 190 valence electrons. The first-order valence-electron chi connectivity index (χ1n) is 11.9. The molecule has 1 aromatic carbocycles. The van der Waals surface area contributed by atoms with Gasteiger partial charge < -0.3 is 9.88 Å². The zero-order chi connectivity index (χ0) is 25.6. The number of benzene rings is 1. The Kier molecular flexibility index (Phi) is 6.42. The van der Waals surface area contributed by atoms with E-state index in [0.717, 1.165) is 41.9 Å². The predicted molar refractivity (Wildman–Crippen MR) is 132 cm³/mol. The van der Waals surface area contributed by atoms with Gasteiger partial charge in [0.15, 0.2) is 5.69 Å². The first kappa shape index (κ1) is 24.6. The van der Waals surface area contributed by atoms with E-state index in [2.05, 4.69) is 21.5 Å². The molecule has 0 saturated carbocycles. The maximum atomic E-state index is 13.2. The summed E-state index contributed by atoms with van der Waals surface area (Å²) in [6.45, 7) is 7.83. The van der Waals surface area contributed by atoms with Crippen LogP contribution < -0.4 is 5.32 Å². The summed E-state index contributed by atoms with van der Waals surface area (Å²) in [6.07, 6.45) is -1.06. The Morgan fingerprint density at radius 3 is 2.61 bits per heavy atom. The van der Waals surface area contributed by atoms with E-state index >= 15 is 0 Å². The van der Waals surface area contributed by atoms with Crippen molar-refractivity contribution in [2.45, 2.75) is 58.5 Å². The van der Waals surface area contributed by atoms with Gasteiger partial charge in [-0.05, 0) is 38.8 Å². The highest BCUT2D eigenvalue weighted by molar-refractivity contribution is 6.32. The fourth-order valence-electron chi connectivity index (χ4n) is 4.65. The quantitative estimate of drug-likeness (QED) is 0.352. The second-order valence-electron chi connectivity index (χ2n) is 9.20. The number of aryl methyl sites for hydroxylation is 1. The normalized spacial score (nSPS) is 16.1. The lowest BCUT2D eigenvalue weighted by molar-refractivity contribution is -0.140. The molecule has 0 spiro atoms. The molecule has 3 aromatic heterocycles. The van der Waals surface area contributed by atoms with E-state index in [9.17, 15) is 13.2 Å². The number of nitrogens with zero attached hydrogens (tertiary/aromatic N) is 6. The van der Waals surface area contributed by atoms with Gasteiger partial charge >= 0.3 is 6.18 Å². The summed E-state index contributed by atoms with van der Waals surface area (Å²) < 4.78 is 44.9. The molecule has 0 aliphatic carbocycles. The van der Waals surface area contributed by atoms with Crippen molar-refractivity contribution in [1.29, 1.82) is 0 Å². The summed E-state index contributed by atoms with van der Waals surface area (Å²) >= 11 is 6.45. The van der Waals surface area contributed by atoms with Crippen LogP contribution in [0.3, 0.4) is 0 Å². The number of halogens is 4. The van der Waals surface area contributed by atoms with E-state index in [1.54, 1.807) is 13.1 Å². The standard InChI is InChI=1S/C25H27ClF3N7/c1-4-34-14-22(25(27,28)29)32-24(34)17-7-5-16(6-8-17)11-19-21-12-20(33-35(21)10-9-30-19)23-18(26)13-31-36(23)15(2)3/h5-8,12-15,19,30H,4,9-11H2,1-3H3. The van der Waals surface area contributed by atoms with Crippen LogP contribution >= 0.6 is 11.6 Å². The van der Waals surface area contributed by atoms with Crippen LogP contribution in [0, 0.1) is 0 Å². The van der Waals surface area contributed by atoms with Crippen molar-refractivity contribution in [3.05, 3.63) is 64.7 Å². The molecule has 1 N–H and O–H groups in total. The number of nitrogens with one attached hydrogen (secondary N) is 1. The van der Waals surface area contributed by atoms with Crippen LogP contribution in [0.2, 0.25) is 5.02 Å². The number of rotatable bonds is 6. The van der Waals surface area contributed by atoms with E-state index < -0.39 is 11.9 Å². The maximum absolute atomic E-state index is 13.2. The molecule has 4 aromatic rings. The maximum Gasteiger partial charge on any atom is 0.434 e. The summed E-state index contributed by atoms with van der Waals surface area (Å²) in [5.41, 5.74) is 3.49. The Morgan fingerprint density at radius 1 is 1.19 bits per heavy atom. The molecule has 0 radical (unpaired) electrons. The highest BCUT2D eigenvalue weighted by atomic mass is 35.5. The highest BCUT2D eigenvalue weighted by Crippen LogP contribution is 2.34. The largest absolute Gasteiger partial charge is 0.434 e. The lowest BCUT2D eigenvalue weighted by Gasteiger charge is -2.25. The molecule has 1 aliphatic rings. The van der Waals surface area contributed by atoms with Gasteiger partial charge in [-0.2, -0.15) is 23.4 Å². The van der Waals surface area contributed by atoms with Crippen LogP contribution in [0.5, 0.6) is 0 Å². The van der Waals surface area contributed by atoms with Gasteiger partial charge in [-0.1, -0.05) is 35.9 Å². The number of hydrogen-bond acceptors (Lipinski definition) is 4. The lowest BCUT2D eigenvalue weighted by atomic mass is 10.00. The molecule has 0 bridgehead atoms. The number of alkyl halides is 3. The topological polar surface area (TPSA) is 65.5 Å². The molecule has 4 heterocycles. The third-order valence-corrected chi connectivity index (χ3v) is 6.70. The zero-order valence-electron chi connectivity index (χ0n) is 20.2. The van der Waals surface area contributed by atoms with E-state index in [-0.39, 0.29) is 12.1 Å². The van der Waals surface area contributed by atoms with E-state index in [0.29, 0.717) is 29.4 Å². The minimum Gasteiger partial charge on any atom is -0.331 e. The third kappa shape index (κ3) is 4.55. The second kappa shape index (κ2) is 9.40. The zero-order valence-corrected chi connectivity index (χ0v) is 21.0. The summed E-state index contributed by atoms with van der Waals surface area (Å²) in [6, 6.07) is 9.79. The minimum atomic E-state index is -4.47. The van der Waals surface area contributed by atoms with E-state index in [4.69, 9.17) is 16.7 Å². The van der Waals surface area contributed by atoms with E-state index in [1.165, 1.54) is 4.57 Å². The van der Waals surface area contributed by atoms with Crippen LogP contribution in [0.4, 0.5) is 13.2 Å². The smallest absolute Gasteiger partial charge is 0.331 e. The highest BCUT2D eigenvalue weighted by Gasteiger charge is 2.35. The summed E-state index contributed by atoms with van der Waals surface area (Å²) in [5.74, 6) is 0.313. The SMILES string of the molecule is CCn1cc(C(F)(F)F)nc1-c1ccc(CC2NCCn3nc(-c4c(Cl)cnn4C(C)C)cc32)cc1. The molecule has 0 amide bonds. The van der Waals surface area contributed by atoms with Gasteiger partial charge in [-0.3, -0.25) is 9.36 Å². The van der Waals surface area contributed by atoms with Gasteiger partial charge in [0.2, 0.25) is 0 Å².